The van der Waals surface area contributed by atoms with E-state index in [2.05, 4.69) is 78.9 Å². The summed E-state index contributed by atoms with van der Waals surface area (Å²) in [4.78, 5) is 15.2. The Morgan fingerprint density at radius 3 is 1.80 bits per heavy atom. The van der Waals surface area contributed by atoms with Crippen molar-refractivity contribution >= 4 is 76.2 Å². The minimum atomic E-state index is 0.602. The van der Waals surface area contributed by atoms with Gasteiger partial charge in [0.15, 0.2) is 17.5 Å². The van der Waals surface area contributed by atoms with Gasteiger partial charge in [-0.25, -0.2) is 15.0 Å². The van der Waals surface area contributed by atoms with Crippen molar-refractivity contribution in [2.45, 2.75) is 0 Å². The first-order valence-electron chi connectivity index (χ1n) is 16.7. The molecule has 5 nitrogen and oxygen atoms in total. The molecule has 0 amide bonds. The summed E-state index contributed by atoms with van der Waals surface area (Å²) < 4.78 is 12.5. The van der Waals surface area contributed by atoms with Gasteiger partial charge in [0.1, 0.15) is 22.3 Å². The maximum absolute atomic E-state index is 6.31. The monoisotopic (exact) mass is 639 g/mol. The van der Waals surface area contributed by atoms with Crippen LogP contribution < -0.4 is 0 Å². The molecule has 0 unspecified atom stereocenters. The van der Waals surface area contributed by atoms with Crippen LogP contribution in [-0.4, -0.2) is 15.0 Å². The third-order valence-electron chi connectivity index (χ3n) is 9.88. The fourth-order valence-corrected chi connectivity index (χ4v) is 7.55. The van der Waals surface area contributed by atoms with Gasteiger partial charge in [0.2, 0.25) is 0 Å². The van der Waals surface area contributed by atoms with Gasteiger partial charge in [-0.15, -0.1) is 0 Å². The average Bonchev–Trinajstić information content (AvgIpc) is 3.74. The molecule has 11 rings (SSSR count). The van der Waals surface area contributed by atoms with Gasteiger partial charge in [0, 0.05) is 38.2 Å². The van der Waals surface area contributed by atoms with E-state index in [1.807, 2.05) is 72.8 Å². The van der Waals surface area contributed by atoms with E-state index in [-0.39, 0.29) is 0 Å². The van der Waals surface area contributed by atoms with Crippen LogP contribution in [-0.2, 0) is 0 Å². The largest absolute Gasteiger partial charge is 0.456 e. The van der Waals surface area contributed by atoms with E-state index in [9.17, 15) is 0 Å². The van der Waals surface area contributed by atoms with Gasteiger partial charge in [0.05, 0.1) is 0 Å². The first kappa shape index (κ1) is 27.1. The standard InChI is InChI=1S/C45H25N3O2/c1-2-9-27(10-3-1)43-46-44(48-45(47-43)34-13-8-16-39-42(34)33-12-5-7-15-38(33)49-39)30-21-22-31-28(23-30)19-17-26-18-20-29-24-36-32-11-4-6-14-37(32)50-40(36)25-35(29)41(26)31/h1-25H. The lowest BCUT2D eigenvalue weighted by Gasteiger charge is -2.11. The fraction of sp³-hybridized carbons (Fsp3) is 0. The number of hydrogen-bond acceptors (Lipinski definition) is 5. The molecule has 3 heterocycles. The molecule has 0 aliphatic rings. The lowest BCUT2D eigenvalue weighted by molar-refractivity contribution is 0.669. The van der Waals surface area contributed by atoms with E-state index in [1.54, 1.807) is 0 Å². The lowest BCUT2D eigenvalue weighted by Crippen LogP contribution is -2.00. The second-order valence-electron chi connectivity index (χ2n) is 12.8. The van der Waals surface area contributed by atoms with Gasteiger partial charge in [-0.05, 0) is 68.7 Å². The number of nitrogens with zero attached hydrogens (tertiary/aromatic N) is 3. The van der Waals surface area contributed by atoms with Crippen LogP contribution in [0, 0.1) is 0 Å². The third-order valence-corrected chi connectivity index (χ3v) is 9.88. The molecule has 50 heavy (non-hydrogen) atoms. The van der Waals surface area contributed by atoms with Crippen molar-refractivity contribution < 1.29 is 8.83 Å². The van der Waals surface area contributed by atoms with Crippen molar-refractivity contribution in [2.75, 3.05) is 0 Å². The Morgan fingerprint density at radius 1 is 0.320 bits per heavy atom. The summed E-state index contributed by atoms with van der Waals surface area (Å²) in [5.74, 6) is 1.84. The van der Waals surface area contributed by atoms with Crippen LogP contribution >= 0.6 is 0 Å². The minimum absolute atomic E-state index is 0.602. The maximum Gasteiger partial charge on any atom is 0.164 e. The Morgan fingerprint density at radius 2 is 0.960 bits per heavy atom. The van der Waals surface area contributed by atoms with Crippen LogP contribution in [0.5, 0.6) is 0 Å². The smallest absolute Gasteiger partial charge is 0.164 e. The summed E-state index contributed by atoms with van der Waals surface area (Å²) in [7, 11) is 0. The zero-order valence-electron chi connectivity index (χ0n) is 26.6. The number of hydrogen-bond donors (Lipinski definition) is 0. The Hall–Kier alpha value is -6.85. The number of para-hydroxylation sites is 2. The second-order valence-corrected chi connectivity index (χ2v) is 12.8. The normalized spacial score (nSPS) is 12.0. The van der Waals surface area contributed by atoms with E-state index < -0.39 is 0 Å². The van der Waals surface area contributed by atoms with E-state index in [1.165, 1.54) is 26.9 Å². The van der Waals surface area contributed by atoms with Crippen molar-refractivity contribution in [2.24, 2.45) is 0 Å². The SMILES string of the molecule is c1ccc(-c2nc(-c3ccc4c(ccc5ccc6cc7c(cc6c54)oc4ccccc47)c3)nc(-c3cccc4oc5ccccc5c34)n2)cc1. The van der Waals surface area contributed by atoms with Crippen LogP contribution in [0.15, 0.2) is 160 Å². The number of aromatic nitrogens is 3. The molecule has 0 radical (unpaired) electrons. The molecule has 0 spiro atoms. The highest BCUT2D eigenvalue weighted by Crippen LogP contribution is 2.40. The van der Waals surface area contributed by atoms with Crippen molar-refractivity contribution in [3.63, 3.8) is 0 Å². The highest BCUT2D eigenvalue weighted by Gasteiger charge is 2.18. The molecule has 0 aliphatic heterocycles. The van der Waals surface area contributed by atoms with Crippen molar-refractivity contribution in [1.29, 1.82) is 0 Å². The predicted molar refractivity (Wildman–Crippen MR) is 203 cm³/mol. The zero-order valence-corrected chi connectivity index (χ0v) is 26.6. The number of rotatable bonds is 3. The molecule has 0 saturated heterocycles. The zero-order chi connectivity index (χ0) is 32.8. The summed E-state index contributed by atoms with van der Waals surface area (Å²) in [5, 5.41) is 11.3. The fourth-order valence-electron chi connectivity index (χ4n) is 7.55. The first-order chi connectivity index (χ1) is 24.7. The van der Waals surface area contributed by atoms with Gasteiger partial charge in [-0.1, -0.05) is 115 Å². The van der Waals surface area contributed by atoms with Crippen molar-refractivity contribution in [3.8, 4) is 34.2 Å². The van der Waals surface area contributed by atoms with Gasteiger partial charge < -0.3 is 8.83 Å². The Bertz CT molecular complexity index is 3160. The second kappa shape index (κ2) is 10.3. The Labute approximate surface area is 285 Å². The molecule has 0 atom stereocenters. The third kappa shape index (κ3) is 4.04. The summed E-state index contributed by atoms with van der Waals surface area (Å²) in [6.07, 6.45) is 0. The summed E-state index contributed by atoms with van der Waals surface area (Å²) in [5.41, 5.74) is 6.19. The van der Waals surface area contributed by atoms with E-state index >= 15 is 0 Å². The summed E-state index contributed by atoms with van der Waals surface area (Å²) in [6.45, 7) is 0. The van der Waals surface area contributed by atoms with E-state index in [0.717, 1.165) is 66.0 Å². The molecule has 232 valence electrons. The molecule has 8 aromatic carbocycles. The molecule has 0 bridgehead atoms. The highest BCUT2D eigenvalue weighted by atomic mass is 16.3. The van der Waals surface area contributed by atoms with Gasteiger partial charge in [-0.3, -0.25) is 0 Å². The van der Waals surface area contributed by atoms with Crippen LogP contribution in [0.1, 0.15) is 0 Å². The molecule has 11 aromatic rings. The van der Waals surface area contributed by atoms with Gasteiger partial charge >= 0.3 is 0 Å². The molecule has 0 N–H and O–H groups in total. The van der Waals surface area contributed by atoms with Crippen LogP contribution in [0.2, 0.25) is 0 Å². The predicted octanol–water partition coefficient (Wildman–Crippen LogP) is 12.1. The van der Waals surface area contributed by atoms with Crippen LogP contribution in [0.3, 0.4) is 0 Å². The molecular formula is C45H25N3O2. The number of furan rings is 2. The van der Waals surface area contributed by atoms with E-state index in [0.29, 0.717) is 17.5 Å². The Balaban J connectivity index is 1.13. The first-order valence-corrected chi connectivity index (χ1v) is 16.7. The molecule has 0 fully saturated rings. The molecular weight excluding hydrogens is 615 g/mol. The average molecular weight is 640 g/mol. The molecule has 0 saturated carbocycles. The van der Waals surface area contributed by atoms with Gasteiger partial charge in [-0.2, -0.15) is 0 Å². The van der Waals surface area contributed by atoms with Crippen molar-refractivity contribution in [3.05, 3.63) is 152 Å². The topological polar surface area (TPSA) is 65.0 Å². The van der Waals surface area contributed by atoms with Crippen molar-refractivity contribution in [1.82, 2.24) is 15.0 Å². The number of fused-ring (bicyclic) bond motifs is 11. The quantitative estimate of drug-likeness (QED) is 0.180. The summed E-state index contributed by atoms with van der Waals surface area (Å²) in [6, 6.07) is 52.2. The minimum Gasteiger partial charge on any atom is -0.456 e. The Kier molecular flexibility index (Phi) is 5.60. The van der Waals surface area contributed by atoms with E-state index in [4.69, 9.17) is 23.8 Å². The van der Waals surface area contributed by atoms with Crippen LogP contribution in [0.4, 0.5) is 0 Å². The lowest BCUT2D eigenvalue weighted by atomic mass is 9.94. The highest BCUT2D eigenvalue weighted by molar-refractivity contribution is 6.23. The van der Waals surface area contributed by atoms with Crippen LogP contribution in [0.25, 0.3) is 110 Å². The molecule has 3 aromatic heterocycles. The summed E-state index contributed by atoms with van der Waals surface area (Å²) >= 11 is 0. The van der Waals surface area contributed by atoms with Gasteiger partial charge in [0.25, 0.3) is 0 Å². The molecule has 0 aliphatic carbocycles. The number of benzene rings is 8. The maximum atomic E-state index is 6.31. The molecule has 5 heteroatoms.